The normalized spacial score (nSPS) is 16.5. The van der Waals surface area contributed by atoms with Gasteiger partial charge in [0.1, 0.15) is 11.8 Å². The zero-order chi connectivity index (χ0) is 18.3. The van der Waals surface area contributed by atoms with Gasteiger partial charge in [0.15, 0.2) is 0 Å². The van der Waals surface area contributed by atoms with Crippen LogP contribution in [0.5, 0.6) is 5.75 Å². The molecule has 1 amide bonds. The van der Waals surface area contributed by atoms with E-state index in [0.29, 0.717) is 31.9 Å². The van der Waals surface area contributed by atoms with Gasteiger partial charge < -0.3 is 15.4 Å². The Hall–Kier alpha value is -1.16. The van der Waals surface area contributed by atoms with Gasteiger partial charge in [0.2, 0.25) is 5.91 Å². The van der Waals surface area contributed by atoms with Crippen LogP contribution in [-0.2, 0) is 4.79 Å². The Balaban J connectivity index is 0.00000338. The number of piperazine rings is 1. The lowest BCUT2D eigenvalue weighted by molar-refractivity contribution is -0.183. The molecule has 1 unspecified atom stereocenters. The van der Waals surface area contributed by atoms with Crippen LogP contribution < -0.4 is 15.4 Å². The van der Waals surface area contributed by atoms with Crippen LogP contribution >= 0.6 is 24.2 Å². The topological polar surface area (TPSA) is 53.6 Å². The first-order chi connectivity index (χ1) is 11.9. The molecule has 5 nitrogen and oxygen atoms in total. The van der Waals surface area contributed by atoms with Crippen LogP contribution in [0.4, 0.5) is 13.2 Å². The van der Waals surface area contributed by atoms with E-state index in [2.05, 4.69) is 10.6 Å². The summed E-state index contributed by atoms with van der Waals surface area (Å²) < 4.78 is 44.9. The molecule has 0 radical (unpaired) electrons. The van der Waals surface area contributed by atoms with Crippen molar-refractivity contribution in [3.63, 3.8) is 0 Å². The maximum absolute atomic E-state index is 13.3. The number of rotatable bonds is 7. The van der Waals surface area contributed by atoms with E-state index in [-0.39, 0.29) is 18.2 Å². The Morgan fingerprint density at radius 3 is 2.69 bits per heavy atom. The Bertz CT molecular complexity index is 572. The van der Waals surface area contributed by atoms with Crippen molar-refractivity contribution in [3.05, 3.63) is 24.3 Å². The minimum absolute atomic E-state index is 0. The van der Waals surface area contributed by atoms with Crippen molar-refractivity contribution < 1.29 is 22.7 Å². The van der Waals surface area contributed by atoms with Gasteiger partial charge in [-0.05, 0) is 18.2 Å². The molecular formula is C16H23ClF3N3O2S. The fourth-order valence-corrected chi connectivity index (χ4v) is 3.32. The average molecular weight is 414 g/mol. The van der Waals surface area contributed by atoms with Crippen molar-refractivity contribution in [2.45, 2.75) is 17.1 Å². The summed E-state index contributed by atoms with van der Waals surface area (Å²) in [6.45, 7) is 1.25. The largest absolute Gasteiger partial charge is 0.497 e. The van der Waals surface area contributed by atoms with Crippen molar-refractivity contribution >= 4 is 30.1 Å². The SMILES string of the molecule is COc1cccc(SCC(=O)NCC(N2CCNCC2)C(F)(F)F)c1.Cl. The summed E-state index contributed by atoms with van der Waals surface area (Å²) in [5, 5.41) is 5.44. The van der Waals surface area contributed by atoms with E-state index in [4.69, 9.17) is 4.74 Å². The van der Waals surface area contributed by atoms with Crippen molar-refractivity contribution in [1.29, 1.82) is 0 Å². The highest BCUT2D eigenvalue weighted by atomic mass is 35.5. The quantitative estimate of drug-likeness (QED) is 0.671. The molecule has 1 aliphatic rings. The van der Waals surface area contributed by atoms with Gasteiger partial charge in [-0.25, -0.2) is 0 Å². The molecule has 1 aliphatic heterocycles. The van der Waals surface area contributed by atoms with Crippen LogP contribution in [-0.4, -0.2) is 68.6 Å². The fourth-order valence-electron chi connectivity index (χ4n) is 2.55. The molecule has 0 aromatic heterocycles. The second-order valence-corrected chi connectivity index (χ2v) is 6.66. The molecule has 0 aliphatic carbocycles. The summed E-state index contributed by atoms with van der Waals surface area (Å²) >= 11 is 1.26. The first-order valence-corrected chi connectivity index (χ1v) is 8.93. The highest BCUT2D eigenvalue weighted by Crippen LogP contribution is 2.25. The molecule has 1 heterocycles. The van der Waals surface area contributed by atoms with Gasteiger partial charge in [-0.15, -0.1) is 24.2 Å². The monoisotopic (exact) mass is 413 g/mol. The van der Waals surface area contributed by atoms with E-state index >= 15 is 0 Å². The first-order valence-electron chi connectivity index (χ1n) is 7.95. The van der Waals surface area contributed by atoms with Gasteiger partial charge >= 0.3 is 6.18 Å². The molecule has 0 saturated carbocycles. The number of alkyl halides is 3. The Morgan fingerprint density at radius 1 is 1.38 bits per heavy atom. The third-order valence-electron chi connectivity index (χ3n) is 3.87. The smallest absolute Gasteiger partial charge is 0.405 e. The number of benzene rings is 1. The number of nitrogens with zero attached hydrogens (tertiary/aromatic N) is 1. The number of amides is 1. The molecule has 1 saturated heterocycles. The standard InChI is InChI=1S/C16H22F3N3O2S.ClH/c1-24-12-3-2-4-13(9-12)25-11-15(23)21-10-14(16(17,18)19)22-7-5-20-6-8-22;/h2-4,9,14,20H,5-8,10-11H2,1H3,(H,21,23);1H. The molecule has 0 bridgehead atoms. The van der Waals surface area contributed by atoms with Crippen LogP contribution in [0.25, 0.3) is 0 Å². The van der Waals surface area contributed by atoms with Crippen LogP contribution in [0.1, 0.15) is 0 Å². The predicted molar refractivity (Wildman–Crippen MR) is 98.3 cm³/mol. The van der Waals surface area contributed by atoms with Crippen molar-refractivity contribution in [2.75, 3.05) is 45.6 Å². The number of carbonyl (C=O) groups excluding carboxylic acids is 1. The summed E-state index contributed by atoms with van der Waals surface area (Å²) in [7, 11) is 1.55. The Kier molecular flexibility index (Phi) is 9.56. The number of thioether (sulfide) groups is 1. The highest BCUT2D eigenvalue weighted by molar-refractivity contribution is 8.00. The molecule has 2 rings (SSSR count). The average Bonchev–Trinajstić information content (AvgIpc) is 2.60. The van der Waals surface area contributed by atoms with Crippen molar-refractivity contribution in [1.82, 2.24) is 15.5 Å². The minimum atomic E-state index is -4.37. The molecule has 1 fully saturated rings. The van der Waals surface area contributed by atoms with Crippen molar-refractivity contribution in [2.24, 2.45) is 0 Å². The number of methoxy groups -OCH3 is 1. The van der Waals surface area contributed by atoms with E-state index in [1.165, 1.54) is 16.7 Å². The first kappa shape index (κ1) is 22.9. The molecule has 1 atom stereocenters. The van der Waals surface area contributed by atoms with Gasteiger partial charge in [-0.3, -0.25) is 9.69 Å². The van der Waals surface area contributed by atoms with Crippen molar-refractivity contribution in [3.8, 4) is 5.75 Å². The molecule has 148 valence electrons. The molecule has 0 spiro atoms. The number of ether oxygens (including phenoxy) is 1. The van der Waals surface area contributed by atoms with Crippen LogP contribution in [0.2, 0.25) is 0 Å². The lowest BCUT2D eigenvalue weighted by atomic mass is 10.2. The second kappa shape index (κ2) is 10.9. The van der Waals surface area contributed by atoms with Gasteiger partial charge in [0.25, 0.3) is 0 Å². The zero-order valence-corrected chi connectivity index (χ0v) is 16.0. The third kappa shape index (κ3) is 7.22. The van der Waals surface area contributed by atoms with Crippen LogP contribution in [0, 0.1) is 0 Å². The summed E-state index contributed by atoms with van der Waals surface area (Å²) in [4.78, 5) is 14.1. The Labute approximate surface area is 161 Å². The number of carbonyl (C=O) groups is 1. The minimum Gasteiger partial charge on any atom is -0.497 e. The maximum atomic E-state index is 13.3. The molecule has 2 N–H and O–H groups in total. The summed E-state index contributed by atoms with van der Waals surface area (Å²) in [6.07, 6.45) is -4.37. The summed E-state index contributed by atoms with van der Waals surface area (Å²) in [5.74, 6) is 0.303. The number of halogens is 4. The van der Waals surface area contributed by atoms with Gasteiger partial charge in [0.05, 0.1) is 12.9 Å². The number of nitrogens with one attached hydrogen (secondary N) is 2. The zero-order valence-electron chi connectivity index (χ0n) is 14.3. The maximum Gasteiger partial charge on any atom is 0.405 e. The lowest BCUT2D eigenvalue weighted by Gasteiger charge is -2.35. The van der Waals surface area contributed by atoms with Gasteiger partial charge in [0, 0.05) is 37.6 Å². The summed E-state index contributed by atoms with van der Waals surface area (Å²) in [5.41, 5.74) is 0. The van der Waals surface area contributed by atoms with E-state index in [0.717, 1.165) is 4.90 Å². The fraction of sp³-hybridized carbons (Fsp3) is 0.562. The molecule has 26 heavy (non-hydrogen) atoms. The van der Waals surface area contributed by atoms with Crippen LogP contribution in [0.15, 0.2) is 29.2 Å². The van der Waals surface area contributed by atoms with Crippen LogP contribution in [0.3, 0.4) is 0 Å². The number of hydrogen-bond acceptors (Lipinski definition) is 5. The van der Waals surface area contributed by atoms with E-state index in [1.54, 1.807) is 25.3 Å². The number of hydrogen-bond donors (Lipinski definition) is 2. The second-order valence-electron chi connectivity index (χ2n) is 5.62. The predicted octanol–water partition coefficient (Wildman–Crippen LogP) is 2.16. The van der Waals surface area contributed by atoms with Gasteiger partial charge in [-0.1, -0.05) is 6.07 Å². The third-order valence-corrected chi connectivity index (χ3v) is 4.87. The Morgan fingerprint density at radius 2 is 2.08 bits per heavy atom. The molecular weight excluding hydrogens is 391 g/mol. The van der Waals surface area contributed by atoms with Gasteiger partial charge in [-0.2, -0.15) is 13.2 Å². The van der Waals surface area contributed by atoms with E-state index in [1.807, 2.05) is 6.07 Å². The highest BCUT2D eigenvalue weighted by Gasteiger charge is 2.43. The van der Waals surface area contributed by atoms with E-state index in [9.17, 15) is 18.0 Å². The lowest BCUT2D eigenvalue weighted by Crippen LogP contribution is -2.57. The summed E-state index contributed by atoms with van der Waals surface area (Å²) in [6, 6.07) is 5.52. The van der Waals surface area contributed by atoms with E-state index < -0.39 is 24.7 Å². The molecule has 10 heteroatoms. The molecule has 1 aromatic rings. The molecule has 1 aromatic carbocycles.